The van der Waals surface area contributed by atoms with Crippen molar-refractivity contribution in [2.45, 2.75) is 13.8 Å². The highest BCUT2D eigenvalue weighted by molar-refractivity contribution is 5.77. The van der Waals surface area contributed by atoms with Gasteiger partial charge in [0.15, 0.2) is 0 Å². The Balaban J connectivity index is 2.42. The van der Waals surface area contributed by atoms with E-state index >= 15 is 0 Å². The number of allylic oxidation sites excluding steroid dienone is 1. The molecule has 0 radical (unpaired) electrons. The molecule has 1 nitrogen and oxygen atoms in total. The largest absolute Gasteiger partial charge is 0.324 e. The highest BCUT2D eigenvalue weighted by atomic mass is 15.1. The summed E-state index contributed by atoms with van der Waals surface area (Å²) in [6.45, 7) is 8.29. The lowest BCUT2D eigenvalue weighted by Gasteiger charge is -2.24. The van der Waals surface area contributed by atoms with E-state index in [0.29, 0.717) is 0 Å². The quantitative estimate of drug-likeness (QED) is 0.660. The van der Waals surface area contributed by atoms with E-state index in [1.54, 1.807) is 0 Å². The molecule has 0 saturated heterocycles. The molecular formula is C14H15N. The summed E-state index contributed by atoms with van der Waals surface area (Å²) in [5, 5.41) is 0. The molecule has 0 amide bonds. The average Bonchev–Trinajstić information content (AvgIpc) is 2.22. The minimum atomic E-state index is 1.04. The van der Waals surface area contributed by atoms with Gasteiger partial charge in [-0.25, -0.2) is 0 Å². The molecule has 1 aliphatic rings. The second-order valence-corrected chi connectivity index (χ2v) is 3.96. The Morgan fingerprint density at radius 2 is 2.00 bits per heavy atom. The van der Waals surface area contributed by atoms with Gasteiger partial charge in [-0.1, -0.05) is 36.4 Å². The van der Waals surface area contributed by atoms with E-state index in [-0.39, 0.29) is 0 Å². The molecule has 1 heteroatoms. The number of rotatable bonds is 1. The Morgan fingerprint density at radius 3 is 2.73 bits per heavy atom. The molecule has 0 fully saturated rings. The molecule has 0 saturated carbocycles. The van der Waals surface area contributed by atoms with Gasteiger partial charge in [-0.05, 0) is 25.5 Å². The molecule has 76 valence electrons. The molecule has 1 aromatic carbocycles. The first kappa shape index (κ1) is 9.78. The molecule has 0 atom stereocenters. The van der Waals surface area contributed by atoms with Crippen LogP contribution in [0.5, 0.6) is 0 Å². The SMILES string of the molecule is C=C1c2ccccc2C=CN1C=C(C)C. The van der Waals surface area contributed by atoms with Gasteiger partial charge in [0.2, 0.25) is 0 Å². The summed E-state index contributed by atoms with van der Waals surface area (Å²) in [4.78, 5) is 2.07. The first-order valence-corrected chi connectivity index (χ1v) is 5.08. The van der Waals surface area contributed by atoms with E-state index in [1.165, 1.54) is 16.7 Å². The number of hydrogen-bond acceptors (Lipinski definition) is 1. The van der Waals surface area contributed by atoms with E-state index < -0.39 is 0 Å². The maximum atomic E-state index is 4.12. The molecule has 0 spiro atoms. The predicted octanol–water partition coefficient (Wildman–Crippen LogP) is 3.87. The monoisotopic (exact) mass is 197 g/mol. The van der Waals surface area contributed by atoms with Crippen molar-refractivity contribution >= 4 is 11.8 Å². The third-order valence-electron chi connectivity index (χ3n) is 2.40. The Kier molecular flexibility index (Phi) is 2.46. The van der Waals surface area contributed by atoms with Crippen LogP contribution in [-0.4, -0.2) is 4.90 Å². The molecule has 1 heterocycles. The van der Waals surface area contributed by atoms with Gasteiger partial charge in [-0.15, -0.1) is 0 Å². The normalized spacial score (nSPS) is 13.7. The zero-order chi connectivity index (χ0) is 10.8. The zero-order valence-electron chi connectivity index (χ0n) is 9.20. The lowest BCUT2D eigenvalue weighted by Crippen LogP contribution is -2.12. The molecule has 1 aromatic rings. The van der Waals surface area contributed by atoms with Crippen LogP contribution >= 0.6 is 0 Å². The molecule has 2 rings (SSSR count). The Labute approximate surface area is 91.0 Å². The standard InChI is InChI=1S/C14H15N/c1-11(2)10-15-9-8-13-6-4-5-7-14(13)12(15)3/h4-10H,3H2,1-2H3. The van der Waals surface area contributed by atoms with Crippen LogP contribution in [0.4, 0.5) is 0 Å². The van der Waals surface area contributed by atoms with Crippen molar-refractivity contribution in [1.29, 1.82) is 0 Å². The average molecular weight is 197 g/mol. The molecule has 0 N–H and O–H groups in total. The lowest BCUT2D eigenvalue weighted by atomic mass is 10.0. The van der Waals surface area contributed by atoms with Crippen molar-refractivity contribution in [2.75, 3.05) is 0 Å². The van der Waals surface area contributed by atoms with Crippen molar-refractivity contribution in [3.8, 4) is 0 Å². The Hall–Kier alpha value is -1.76. The van der Waals surface area contributed by atoms with Crippen LogP contribution in [0.3, 0.4) is 0 Å². The van der Waals surface area contributed by atoms with Gasteiger partial charge >= 0.3 is 0 Å². The van der Waals surface area contributed by atoms with Crippen molar-refractivity contribution in [2.24, 2.45) is 0 Å². The smallest absolute Gasteiger partial charge is 0.0455 e. The van der Waals surface area contributed by atoms with E-state index in [2.05, 4.69) is 55.9 Å². The van der Waals surface area contributed by atoms with E-state index in [4.69, 9.17) is 0 Å². The first-order chi connectivity index (χ1) is 7.18. The van der Waals surface area contributed by atoms with Crippen LogP contribution < -0.4 is 0 Å². The summed E-state index contributed by atoms with van der Waals surface area (Å²) in [5.74, 6) is 0. The van der Waals surface area contributed by atoms with Crippen LogP contribution in [-0.2, 0) is 0 Å². The van der Waals surface area contributed by atoms with Crippen LogP contribution in [0.25, 0.3) is 11.8 Å². The maximum absolute atomic E-state index is 4.12. The number of nitrogens with zero attached hydrogens (tertiary/aromatic N) is 1. The Bertz CT molecular complexity index is 448. The van der Waals surface area contributed by atoms with Crippen LogP contribution in [0, 0.1) is 0 Å². The van der Waals surface area contributed by atoms with Gasteiger partial charge in [0, 0.05) is 23.7 Å². The molecule has 0 aliphatic carbocycles. The third-order valence-corrected chi connectivity index (χ3v) is 2.40. The van der Waals surface area contributed by atoms with Gasteiger partial charge in [-0.2, -0.15) is 0 Å². The third kappa shape index (κ3) is 1.86. The van der Waals surface area contributed by atoms with Crippen LogP contribution in [0.1, 0.15) is 25.0 Å². The van der Waals surface area contributed by atoms with E-state index in [0.717, 1.165) is 5.70 Å². The number of fused-ring (bicyclic) bond motifs is 1. The highest BCUT2D eigenvalue weighted by Crippen LogP contribution is 2.28. The molecule has 0 unspecified atom stereocenters. The van der Waals surface area contributed by atoms with Gasteiger partial charge in [0.25, 0.3) is 0 Å². The van der Waals surface area contributed by atoms with Crippen molar-refractivity contribution < 1.29 is 0 Å². The predicted molar refractivity (Wildman–Crippen MR) is 65.8 cm³/mol. The summed E-state index contributed by atoms with van der Waals surface area (Å²) in [6, 6.07) is 8.31. The fourth-order valence-electron chi connectivity index (χ4n) is 1.69. The highest BCUT2D eigenvalue weighted by Gasteiger charge is 2.12. The second kappa shape index (κ2) is 3.77. The summed E-state index contributed by atoms with van der Waals surface area (Å²) >= 11 is 0. The summed E-state index contributed by atoms with van der Waals surface area (Å²) in [6.07, 6.45) is 6.26. The van der Waals surface area contributed by atoms with E-state index in [1.807, 2.05) is 12.1 Å². The van der Waals surface area contributed by atoms with Crippen molar-refractivity contribution in [3.05, 3.63) is 59.9 Å². The van der Waals surface area contributed by atoms with Gasteiger partial charge in [0.05, 0.1) is 0 Å². The minimum absolute atomic E-state index is 1.04. The number of hydrogen-bond donors (Lipinski definition) is 0. The van der Waals surface area contributed by atoms with Crippen LogP contribution in [0.2, 0.25) is 0 Å². The summed E-state index contributed by atoms with van der Waals surface area (Å²) in [5.41, 5.74) is 4.74. The molecule has 0 bridgehead atoms. The van der Waals surface area contributed by atoms with Crippen molar-refractivity contribution in [3.63, 3.8) is 0 Å². The van der Waals surface area contributed by atoms with Gasteiger partial charge in [-0.3, -0.25) is 0 Å². The number of benzene rings is 1. The van der Waals surface area contributed by atoms with E-state index in [9.17, 15) is 0 Å². The van der Waals surface area contributed by atoms with Crippen molar-refractivity contribution in [1.82, 2.24) is 4.90 Å². The van der Waals surface area contributed by atoms with Gasteiger partial charge < -0.3 is 4.90 Å². The molecule has 0 aromatic heterocycles. The topological polar surface area (TPSA) is 3.24 Å². The van der Waals surface area contributed by atoms with Gasteiger partial charge in [0.1, 0.15) is 0 Å². The molecule has 15 heavy (non-hydrogen) atoms. The first-order valence-electron chi connectivity index (χ1n) is 5.08. The molecular weight excluding hydrogens is 182 g/mol. The lowest BCUT2D eigenvalue weighted by molar-refractivity contribution is 0.715. The minimum Gasteiger partial charge on any atom is -0.324 e. The zero-order valence-corrected chi connectivity index (χ0v) is 9.20. The maximum Gasteiger partial charge on any atom is 0.0455 e. The second-order valence-electron chi connectivity index (χ2n) is 3.96. The summed E-state index contributed by atoms with van der Waals surface area (Å²) in [7, 11) is 0. The fraction of sp³-hybridized carbons (Fsp3) is 0.143. The fourth-order valence-corrected chi connectivity index (χ4v) is 1.69. The van der Waals surface area contributed by atoms with Crippen LogP contribution in [0.15, 0.2) is 48.8 Å². The molecule has 1 aliphatic heterocycles. The summed E-state index contributed by atoms with van der Waals surface area (Å²) < 4.78 is 0. The Morgan fingerprint density at radius 1 is 1.27 bits per heavy atom.